The van der Waals surface area contributed by atoms with Gasteiger partial charge >= 0.3 is 12.2 Å². The molecule has 3 amide bonds. The Morgan fingerprint density at radius 3 is 2.17 bits per heavy atom. The summed E-state index contributed by atoms with van der Waals surface area (Å²) in [5, 5.41) is 14.9. The first-order valence-electron chi connectivity index (χ1n) is 18.8. The number of carbonyl (C=O) groups is 3. The Morgan fingerprint density at radius 1 is 0.787 bits per heavy atom. The molecule has 47 heavy (non-hydrogen) atoms. The fourth-order valence-electron chi connectivity index (χ4n) is 9.42. The molecule has 10 nitrogen and oxygen atoms in total. The summed E-state index contributed by atoms with van der Waals surface area (Å²) in [7, 11) is 0. The van der Waals surface area contributed by atoms with E-state index in [2.05, 4.69) is 15.5 Å². The van der Waals surface area contributed by atoms with Crippen LogP contribution in [-0.2, 0) is 14.3 Å². The minimum atomic E-state index is -0.614. The van der Waals surface area contributed by atoms with E-state index in [4.69, 9.17) is 14.9 Å². The van der Waals surface area contributed by atoms with Crippen LogP contribution in [0.3, 0.4) is 0 Å². The van der Waals surface area contributed by atoms with Crippen LogP contribution in [0.1, 0.15) is 125 Å². The summed E-state index contributed by atoms with van der Waals surface area (Å²) in [6.07, 6.45) is 13.7. The van der Waals surface area contributed by atoms with Crippen molar-refractivity contribution in [2.75, 3.05) is 26.2 Å². The predicted molar refractivity (Wildman–Crippen MR) is 183 cm³/mol. The molecule has 0 aromatic heterocycles. The Hall–Kier alpha value is -2.36. The highest BCUT2D eigenvalue weighted by Crippen LogP contribution is 2.47. The lowest BCUT2D eigenvalue weighted by molar-refractivity contribution is -0.126. The molecular weight excluding hydrogens is 594 g/mol. The number of piperidine rings is 1. The molecule has 3 saturated carbocycles. The molecular formula is C37H63N5O5. The first kappa shape index (κ1) is 35.9. The Labute approximate surface area is 283 Å². The van der Waals surface area contributed by atoms with E-state index in [1.165, 1.54) is 44.9 Å². The first-order valence-corrected chi connectivity index (χ1v) is 18.8. The van der Waals surface area contributed by atoms with E-state index in [1.54, 1.807) is 4.90 Å². The number of amides is 3. The second-order valence-electron chi connectivity index (χ2n) is 17.4. The van der Waals surface area contributed by atoms with Gasteiger partial charge in [0, 0.05) is 38.1 Å². The van der Waals surface area contributed by atoms with Crippen molar-refractivity contribution in [2.45, 2.75) is 148 Å². The van der Waals surface area contributed by atoms with Crippen molar-refractivity contribution in [3.63, 3.8) is 0 Å². The van der Waals surface area contributed by atoms with Crippen LogP contribution in [0.4, 0.5) is 9.59 Å². The first-order chi connectivity index (χ1) is 22.2. The maximum absolute atomic E-state index is 14.0. The Kier molecular flexibility index (Phi) is 11.5. The number of fused-ring (bicyclic) bond motifs is 2. The third-order valence-corrected chi connectivity index (χ3v) is 11.7. The molecule has 5 rings (SSSR count). The van der Waals surface area contributed by atoms with Crippen LogP contribution < -0.4 is 10.6 Å². The zero-order valence-corrected chi connectivity index (χ0v) is 30.1. The summed E-state index contributed by atoms with van der Waals surface area (Å²) < 4.78 is 11.0. The van der Waals surface area contributed by atoms with Crippen LogP contribution in [0.15, 0.2) is 0 Å². The van der Waals surface area contributed by atoms with Gasteiger partial charge in [0.2, 0.25) is 5.91 Å². The maximum Gasteiger partial charge on any atom is 0.413 e. The number of likely N-dealkylation sites (tertiary alicyclic amines) is 2. The van der Waals surface area contributed by atoms with Gasteiger partial charge < -0.3 is 19.7 Å². The molecule has 2 aliphatic heterocycles. The largest absolute Gasteiger partial charge is 0.444 e. The summed E-state index contributed by atoms with van der Waals surface area (Å²) in [5.74, 6) is 3.35. The van der Waals surface area contributed by atoms with Gasteiger partial charge in [-0.1, -0.05) is 32.1 Å². The summed E-state index contributed by atoms with van der Waals surface area (Å²) in [6.45, 7) is 14.1. The van der Waals surface area contributed by atoms with Crippen molar-refractivity contribution in [2.24, 2.45) is 35.5 Å². The fourth-order valence-corrected chi connectivity index (χ4v) is 9.42. The third-order valence-electron chi connectivity index (χ3n) is 11.7. The van der Waals surface area contributed by atoms with Crippen LogP contribution >= 0.6 is 0 Å². The Morgan fingerprint density at radius 2 is 1.47 bits per heavy atom. The second kappa shape index (κ2) is 15.0. The topological polar surface area (TPSA) is 124 Å². The van der Waals surface area contributed by atoms with Gasteiger partial charge in [-0.05, 0) is 122 Å². The highest BCUT2D eigenvalue weighted by Gasteiger charge is 2.49. The Bertz CT molecular complexity index is 1120. The quantitative estimate of drug-likeness (QED) is 0.215. The number of ether oxygens (including phenoxy) is 2. The van der Waals surface area contributed by atoms with E-state index >= 15 is 0 Å². The number of rotatable bonds is 6. The molecule has 7 atom stereocenters. The van der Waals surface area contributed by atoms with Gasteiger partial charge in [-0.3, -0.25) is 20.4 Å². The van der Waals surface area contributed by atoms with Crippen LogP contribution in [0.2, 0.25) is 0 Å². The number of carbonyl (C=O) groups excluding carboxylic acids is 3. The van der Waals surface area contributed by atoms with E-state index in [0.717, 1.165) is 56.9 Å². The van der Waals surface area contributed by atoms with Gasteiger partial charge in [0.1, 0.15) is 17.0 Å². The van der Waals surface area contributed by atoms with Gasteiger partial charge in [-0.15, -0.1) is 0 Å². The molecule has 0 radical (unpaired) electrons. The fraction of sp³-hybridized carbons (Fsp3) is 0.892. The summed E-state index contributed by atoms with van der Waals surface area (Å²) in [6, 6.07) is 0.0916. The molecule has 7 unspecified atom stereocenters. The molecule has 2 heterocycles. The minimum absolute atomic E-state index is 0.0444. The smallest absolute Gasteiger partial charge is 0.413 e. The molecule has 2 saturated heterocycles. The summed E-state index contributed by atoms with van der Waals surface area (Å²) >= 11 is 0. The van der Waals surface area contributed by atoms with Crippen molar-refractivity contribution < 1.29 is 23.9 Å². The lowest BCUT2D eigenvalue weighted by Gasteiger charge is -2.45. The van der Waals surface area contributed by atoms with E-state index in [0.29, 0.717) is 37.4 Å². The van der Waals surface area contributed by atoms with E-state index < -0.39 is 17.3 Å². The number of nitrogens with zero attached hydrogens (tertiary/aromatic N) is 2. The molecule has 266 valence electrons. The van der Waals surface area contributed by atoms with Crippen molar-refractivity contribution >= 4 is 23.9 Å². The SMILES string of the molecule is CC(C)(C)OC(=O)NC(=N)C1CCC2CC(C(=O)NCC3CCN(C(=O)OC(C)(C)C)CC3)N(CC3CCCC4CCCCC43)C2C1. The highest BCUT2D eigenvalue weighted by molar-refractivity contribution is 5.95. The standard InChI is InChI=1S/C37H63N5O5/c1-36(2,3)46-34(44)40-32(38)27-15-14-26-20-31(33(43)39-22-24-16-18-41(19-17-24)35(45)47-37(4,5)6)42(30(26)21-27)23-28-12-9-11-25-10-7-8-13-29(25)28/h24-31H,7-23H2,1-6H3,(H,39,43)(H2,38,40,44). The van der Waals surface area contributed by atoms with Crippen molar-refractivity contribution in [3.8, 4) is 0 Å². The van der Waals surface area contributed by atoms with E-state index in [1.807, 2.05) is 41.5 Å². The highest BCUT2D eigenvalue weighted by atomic mass is 16.6. The average molecular weight is 658 g/mol. The van der Waals surface area contributed by atoms with Crippen LogP contribution in [0.25, 0.3) is 0 Å². The molecule has 0 aromatic rings. The number of hydrogen-bond donors (Lipinski definition) is 3. The lowest BCUT2D eigenvalue weighted by atomic mass is 9.65. The summed E-state index contributed by atoms with van der Waals surface area (Å²) in [5.41, 5.74) is -1.12. The average Bonchev–Trinajstić information content (AvgIpc) is 3.36. The monoisotopic (exact) mass is 657 g/mol. The maximum atomic E-state index is 14.0. The van der Waals surface area contributed by atoms with Crippen molar-refractivity contribution in [1.29, 1.82) is 5.41 Å². The van der Waals surface area contributed by atoms with Gasteiger partial charge in [0.15, 0.2) is 0 Å². The Balaban J connectivity index is 1.22. The lowest BCUT2D eigenvalue weighted by Crippen LogP contribution is -2.52. The van der Waals surface area contributed by atoms with Crippen molar-refractivity contribution in [3.05, 3.63) is 0 Å². The minimum Gasteiger partial charge on any atom is -0.444 e. The van der Waals surface area contributed by atoms with Crippen LogP contribution in [0, 0.1) is 40.9 Å². The predicted octanol–water partition coefficient (Wildman–Crippen LogP) is 6.72. The number of nitrogens with one attached hydrogen (secondary N) is 3. The molecule has 5 fully saturated rings. The number of alkyl carbamates (subject to hydrolysis) is 1. The van der Waals surface area contributed by atoms with Gasteiger partial charge in [-0.25, -0.2) is 9.59 Å². The molecule has 0 aromatic carbocycles. The third kappa shape index (κ3) is 9.63. The second-order valence-corrected chi connectivity index (χ2v) is 17.4. The normalized spacial score (nSPS) is 32.1. The zero-order valence-electron chi connectivity index (χ0n) is 30.1. The molecule has 0 spiro atoms. The molecule has 3 N–H and O–H groups in total. The molecule has 5 aliphatic rings. The van der Waals surface area contributed by atoms with Gasteiger partial charge in [0.05, 0.1) is 6.04 Å². The molecule has 10 heteroatoms. The van der Waals surface area contributed by atoms with Gasteiger partial charge in [0.25, 0.3) is 0 Å². The molecule has 3 aliphatic carbocycles. The van der Waals surface area contributed by atoms with Crippen LogP contribution in [0.5, 0.6) is 0 Å². The van der Waals surface area contributed by atoms with E-state index in [9.17, 15) is 14.4 Å². The van der Waals surface area contributed by atoms with Gasteiger partial charge in [-0.2, -0.15) is 0 Å². The summed E-state index contributed by atoms with van der Waals surface area (Å²) in [4.78, 5) is 43.4. The number of hydrogen-bond acceptors (Lipinski definition) is 7. The number of amidine groups is 1. The molecule has 0 bridgehead atoms. The van der Waals surface area contributed by atoms with Crippen molar-refractivity contribution in [1.82, 2.24) is 20.4 Å². The van der Waals surface area contributed by atoms with Crippen LogP contribution in [-0.4, -0.2) is 83.2 Å². The van der Waals surface area contributed by atoms with E-state index in [-0.39, 0.29) is 35.8 Å². The zero-order chi connectivity index (χ0) is 33.9.